The first kappa shape index (κ1) is 15.3. The molecule has 2 N–H and O–H groups in total. The molecule has 18 heavy (non-hydrogen) atoms. The van der Waals surface area contributed by atoms with Gasteiger partial charge in [0, 0.05) is 16.1 Å². The molecule has 0 spiro atoms. The molecular formula is C13H17Cl2NO2. The van der Waals surface area contributed by atoms with E-state index in [2.05, 4.69) is 5.32 Å². The zero-order valence-electron chi connectivity index (χ0n) is 10.6. The Morgan fingerprint density at radius 1 is 1.28 bits per heavy atom. The van der Waals surface area contributed by atoms with Crippen LogP contribution in [0, 0.1) is 5.92 Å². The summed E-state index contributed by atoms with van der Waals surface area (Å²) in [7, 11) is 0. The molecule has 0 heterocycles. The predicted octanol–water partition coefficient (Wildman–Crippen LogP) is 3.75. The minimum Gasteiger partial charge on any atom is -0.480 e. The number of carbonyl (C=O) groups is 1. The highest BCUT2D eigenvalue weighted by Crippen LogP contribution is 2.26. The lowest BCUT2D eigenvalue weighted by Crippen LogP contribution is -2.42. The molecule has 0 radical (unpaired) electrons. The second-order valence-electron chi connectivity index (χ2n) is 4.61. The number of nitrogens with one attached hydrogen (secondary N) is 1. The lowest BCUT2D eigenvalue weighted by Gasteiger charge is -2.23. The van der Waals surface area contributed by atoms with Crippen LogP contribution in [0.1, 0.15) is 32.4 Å². The monoisotopic (exact) mass is 289 g/mol. The van der Waals surface area contributed by atoms with E-state index in [0.29, 0.717) is 10.0 Å². The maximum Gasteiger partial charge on any atom is 0.320 e. The molecule has 1 aromatic carbocycles. The highest BCUT2D eigenvalue weighted by Gasteiger charge is 2.24. The Morgan fingerprint density at radius 2 is 1.89 bits per heavy atom. The van der Waals surface area contributed by atoms with Crippen LogP contribution in [0.2, 0.25) is 10.0 Å². The molecule has 2 unspecified atom stereocenters. The van der Waals surface area contributed by atoms with Crippen LogP contribution in [-0.4, -0.2) is 17.1 Å². The minimum atomic E-state index is -0.859. The molecule has 0 saturated carbocycles. The maximum atomic E-state index is 11.1. The summed E-state index contributed by atoms with van der Waals surface area (Å²) in [5.74, 6) is -0.863. The van der Waals surface area contributed by atoms with E-state index in [0.717, 1.165) is 5.56 Å². The zero-order chi connectivity index (χ0) is 13.9. The van der Waals surface area contributed by atoms with Crippen LogP contribution >= 0.6 is 23.2 Å². The second kappa shape index (κ2) is 6.41. The Hall–Kier alpha value is -0.770. The average molecular weight is 290 g/mol. The molecule has 0 saturated heterocycles. The van der Waals surface area contributed by atoms with Gasteiger partial charge in [-0.05, 0) is 30.5 Å². The third-order valence-electron chi connectivity index (χ3n) is 2.79. The number of carboxylic acid groups (broad SMARTS) is 1. The van der Waals surface area contributed by atoms with Crippen LogP contribution in [0.5, 0.6) is 0 Å². The fourth-order valence-corrected chi connectivity index (χ4v) is 2.33. The van der Waals surface area contributed by atoms with Crippen LogP contribution in [0.15, 0.2) is 18.2 Å². The molecule has 0 aliphatic rings. The minimum absolute atomic E-state index is 0.00368. The first-order valence-corrected chi connectivity index (χ1v) is 6.52. The summed E-state index contributed by atoms with van der Waals surface area (Å²) >= 11 is 11.9. The number of hydrogen-bond donors (Lipinski definition) is 2. The summed E-state index contributed by atoms with van der Waals surface area (Å²) in [5, 5.41) is 13.3. The molecule has 5 heteroatoms. The van der Waals surface area contributed by atoms with E-state index in [1.54, 1.807) is 12.1 Å². The zero-order valence-corrected chi connectivity index (χ0v) is 12.1. The number of halogens is 2. The van der Waals surface area contributed by atoms with Gasteiger partial charge in [0.05, 0.1) is 0 Å². The predicted molar refractivity (Wildman–Crippen MR) is 74.3 cm³/mol. The van der Waals surface area contributed by atoms with Gasteiger partial charge in [-0.1, -0.05) is 43.1 Å². The van der Waals surface area contributed by atoms with Gasteiger partial charge in [-0.3, -0.25) is 10.1 Å². The van der Waals surface area contributed by atoms with Gasteiger partial charge in [0.25, 0.3) is 0 Å². The number of benzene rings is 1. The van der Waals surface area contributed by atoms with E-state index in [1.807, 2.05) is 26.8 Å². The smallest absolute Gasteiger partial charge is 0.320 e. The molecule has 0 aliphatic heterocycles. The highest BCUT2D eigenvalue weighted by atomic mass is 35.5. The third-order valence-corrected chi connectivity index (χ3v) is 3.35. The van der Waals surface area contributed by atoms with Crippen LogP contribution in [-0.2, 0) is 4.79 Å². The molecule has 100 valence electrons. The molecule has 2 atom stereocenters. The molecular weight excluding hydrogens is 273 g/mol. The van der Waals surface area contributed by atoms with Crippen LogP contribution < -0.4 is 5.32 Å². The summed E-state index contributed by atoms with van der Waals surface area (Å²) in [5.41, 5.74) is 0.841. The number of carboxylic acids is 1. The van der Waals surface area contributed by atoms with Crippen molar-refractivity contribution in [3.63, 3.8) is 0 Å². The summed E-state index contributed by atoms with van der Waals surface area (Å²) in [4.78, 5) is 11.1. The average Bonchev–Trinajstić information content (AvgIpc) is 2.24. The van der Waals surface area contributed by atoms with Crippen molar-refractivity contribution in [1.82, 2.24) is 5.32 Å². The maximum absolute atomic E-state index is 11.1. The third kappa shape index (κ3) is 3.87. The molecule has 0 fully saturated rings. The summed E-state index contributed by atoms with van der Waals surface area (Å²) in [6.07, 6.45) is 0. The Kier molecular flexibility index (Phi) is 5.45. The lowest BCUT2D eigenvalue weighted by atomic mass is 10.0. The summed E-state index contributed by atoms with van der Waals surface area (Å²) in [6.45, 7) is 5.61. The number of hydrogen-bond acceptors (Lipinski definition) is 2. The standard InChI is InChI=1S/C13H17Cl2NO2/c1-7(2)12(13(17)18)16-8(3)10-5-4-9(14)6-11(10)15/h4-8,12,16H,1-3H3,(H,17,18). The number of rotatable bonds is 5. The van der Waals surface area contributed by atoms with Gasteiger partial charge >= 0.3 is 5.97 Å². The Balaban J connectivity index is 2.87. The largest absolute Gasteiger partial charge is 0.480 e. The van der Waals surface area contributed by atoms with Gasteiger partial charge in [-0.2, -0.15) is 0 Å². The van der Waals surface area contributed by atoms with E-state index >= 15 is 0 Å². The van der Waals surface area contributed by atoms with Crippen molar-refractivity contribution in [2.45, 2.75) is 32.9 Å². The SMILES string of the molecule is CC(NC(C(=O)O)C(C)C)c1ccc(Cl)cc1Cl. The lowest BCUT2D eigenvalue weighted by molar-refractivity contribution is -0.140. The van der Waals surface area contributed by atoms with Crippen molar-refractivity contribution in [3.05, 3.63) is 33.8 Å². The quantitative estimate of drug-likeness (QED) is 0.868. The van der Waals surface area contributed by atoms with Crippen LogP contribution in [0.25, 0.3) is 0 Å². The van der Waals surface area contributed by atoms with E-state index in [9.17, 15) is 4.79 Å². The van der Waals surface area contributed by atoms with Crippen LogP contribution in [0.3, 0.4) is 0 Å². The van der Waals surface area contributed by atoms with E-state index in [-0.39, 0.29) is 12.0 Å². The van der Waals surface area contributed by atoms with Crippen molar-refractivity contribution in [2.75, 3.05) is 0 Å². The van der Waals surface area contributed by atoms with Crippen molar-refractivity contribution in [3.8, 4) is 0 Å². The number of aliphatic carboxylic acids is 1. The van der Waals surface area contributed by atoms with Crippen LogP contribution in [0.4, 0.5) is 0 Å². The van der Waals surface area contributed by atoms with Crippen molar-refractivity contribution in [1.29, 1.82) is 0 Å². The highest BCUT2D eigenvalue weighted by molar-refractivity contribution is 6.35. The fraction of sp³-hybridized carbons (Fsp3) is 0.462. The molecule has 0 amide bonds. The molecule has 0 aliphatic carbocycles. The first-order valence-electron chi connectivity index (χ1n) is 5.76. The second-order valence-corrected chi connectivity index (χ2v) is 5.46. The van der Waals surface area contributed by atoms with Gasteiger partial charge < -0.3 is 5.11 Å². The van der Waals surface area contributed by atoms with Gasteiger partial charge in [0.1, 0.15) is 6.04 Å². The Labute approximate surface area is 117 Å². The van der Waals surface area contributed by atoms with Gasteiger partial charge in [0.15, 0.2) is 0 Å². The molecule has 1 rings (SSSR count). The first-order chi connectivity index (χ1) is 8.32. The summed E-state index contributed by atoms with van der Waals surface area (Å²) < 4.78 is 0. The van der Waals surface area contributed by atoms with Crippen molar-refractivity contribution in [2.24, 2.45) is 5.92 Å². The molecule has 0 bridgehead atoms. The van der Waals surface area contributed by atoms with Gasteiger partial charge in [0.2, 0.25) is 0 Å². The topological polar surface area (TPSA) is 49.3 Å². The summed E-state index contributed by atoms with van der Waals surface area (Å²) in [6, 6.07) is 4.44. The Bertz CT molecular complexity index is 435. The van der Waals surface area contributed by atoms with E-state index < -0.39 is 12.0 Å². The molecule has 3 nitrogen and oxygen atoms in total. The Morgan fingerprint density at radius 3 is 2.33 bits per heavy atom. The van der Waals surface area contributed by atoms with E-state index in [1.165, 1.54) is 0 Å². The normalized spacial score (nSPS) is 14.6. The van der Waals surface area contributed by atoms with E-state index in [4.69, 9.17) is 28.3 Å². The van der Waals surface area contributed by atoms with Crippen molar-refractivity contribution >= 4 is 29.2 Å². The van der Waals surface area contributed by atoms with Gasteiger partial charge in [-0.25, -0.2) is 0 Å². The fourth-order valence-electron chi connectivity index (χ4n) is 1.76. The molecule has 0 aromatic heterocycles. The van der Waals surface area contributed by atoms with Gasteiger partial charge in [-0.15, -0.1) is 0 Å². The van der Waals surface area contributed by atoms with Crippen molar-refractivity contribution < 1.29 is 9.90 Å². The molecule has 1 aromatic rings.